The molecule has 5 heteroatoms. The molecule has 1 aliphatic carbocycles. The Bertz CT molecular complexity index is 459. The summed E-state index contributed by atoms with van der Waals surface area (Å²) in [6, 6.07) is 4.63. The molecule has 3 N–H and O–H groups in total. The molecule has 0 bridgehead atoms. The van der Waals surface area contributed by atoms with Crippen LogP contribution in [-0.4, -0.2) is 12.5 Å². The van der Waals surface area contributed by atoms with Gasteiger partial charge in [0, 0.05) is 10.4 Å². The summed E-state index contributed by atoms with van der Waals surface area (Å²) in [5.74, 6) is 0.00868. The quantitative estimate of drug-likeness (QED) is 0.894. The van der Waals surface area contributed by atoms with Crippen molar-refractivity contribution in [2.45, 2.75) is 25.7 Å². The maximum atomic E-state index is 13.6. The van der Waals surface area contributed by atoms with Gasteiger partial charge in [-0.2, -0.15) is 0 Å². The van der Waals surface area contributed by atoms with Gasteiger partial charge in [0.25, 0.3) is 0 Å². The first kappa shape index (κ1) is 14.5. The standard InChI is InChI=1S/C14H18BrFN2O/c15-11-5-6-13(12(16)7-11)18-14(19)10-3-1-9(8-17)2-4-10/h5-7,9-10H,1-4,8,17H2,(H,18,19). The van der Waals surface area contributed by atoms with Gasteiger partial charge in [0.1, 0.15) is 5.82 Å². The molecule has 0 aromatic heterocycles. The third-order valence-corrected chi connectivity index (χ3v) is 4.23. The second-order valence-electron chi connectivity index (χ2n) is 5.07. The topological polar surface area (TPSA) is 55.1 Å². The van der Waals surface area contributed by atoms with Gasteiger partial charge in [-0.05, 0) is 56.3 Å². The lowest BCUT2D eigenvalue weighted by Gasteiger charge is -2.26. The van der Waals surface area contributed by atoms with Gasteiger partial charge in [-0.25, -0.2) is 4.39 Å². The van der Waals surface area contributed by atoms with E-state index in [1.54, 1.807) is 12.1 Å². The molecule has 1 aromatic carbocycles. The van der Waals surface area contributed by atoms with Crippen LogP contribution in [0.2, 0.25) is 0 Å². The molecule has 0 aliphatic heterocycles. The zero-order chi connectivity index (χ0) is 13.8. The molecule has 1 aromatic rings. The summed E-state index contributed by atoms with van der Waals surface area (Å²) in [5.41, 5.74) is 5.87. The van der Waals surface area contributed by atoms with E-state index in [4.69, 9.17) is 5.73 Å². The van der Waals surface area contributed by atoms with Crippen molar-refractivity contribution in [3.05, 3.63) is 28.5 Å². The average molecular weight is 329 g/mol. The summed E-state index contributed by atoms with van der Waals surface area (Å²) < 4.78 is 14.3. The Morgan fingerprint density at radius 3 is 2.63 bits per heavy atom. The minimum absolute atomic E-state index is 0.0224. The second kappa shape index (κ2) is 6.48. The van der Waals surface area contributed by atoms with E-state index in [1.165, 1.54) is 6.07 Å². The number of halogens is 2. The van der Waals surface area contributed by atoms with Crippen LogP contribution >= 0.6 is 15.9 Å². The third-order valence-electron chi connectivity index (χ3n) is 3.74. The van der Waals surface area contributed by atoms with Crippen molar-refractivity contribution >= 4 is 27.5 Å². The number of nitrogens with one attached hydrogen (secondary N) is 1. The summed E-state index contributed by atoms with van der Waals surface area (Å²) in [6.45, 7) is 0.690. The number of hydrogen-bond acceptors (Lipinski definition) is 2. The van der Waals surface area contributed by atoms with Gasteiger partial charge in [0.15, 0.2) is 0 Å². The van der Waals surface area contributed by atoms with E-state index in [0.29, 0.717) is 16.9 Å². The molecule has 0 unspecified atom stereocenters. The van der Waals surface area contributed by atoms with Crippen LogP contribution in [0.1, 0.15) is 25.7 Å². The van der Waals surface area contributed by atoms with E-state index in [0.717, 1.165) is 25.7 Å². The minimum Gasteiger partial charge on any atom is -0.330 e. The molecule has 1 fully saturated rings. The molecule has 1 aliphatic rings. The molecular weight excluding hydrogens is 311 g/mol. The fraction of sp³-hybridized carbons (Fsp3) is 0.500. The molecule has 1 saturated carbocycles. The maximum absolute atomic E-state index is 13.6. The predicted octanol–water partition coefficient (Wildman–Crippen LogP) is 3.29. The zero-order valence-corrected chi connectivity index (χ0v) is 12.2. The largest absolute Gasteiger partial charge is 0.330 e. The molecule has 3 nitrogen and oxygen atoms in total. The van der Waals surface area contributed by atoms with Gasteiger partial charge in [-0.1, -0.05) is 15.9 Å². The Morgan fingerprint density at radius 1 is 1.37 bits per heavy atom. The number of carbonyl (C=O) groups is 1. The highest BCUT2D eigenvalue weighted by atomic mass is 79.9. The van der Waals surface area contributed by atoms with Crippen LogP contribution in [-0.2, 0) is 4.79 Å². The Hall–Kier alpha value is -0.940. The number of rotatable bonds is 3. The van der Waals surface area contributed by atoms with Crippen molar-refractivity contribution in [1.82, 2.24) is 0 Å². The summed E-state index contributed by atoms with van der Waals surface area (Å²) in [7, 11) is 0. The minimum atomic E-state index is -0.418. The van der Waals surface area contributed by atoms with Crippen molar-refractivity contribution in [1.29, 1.82) is 0 Å². The lowest BCUT2D eigenvalue weighted by atomic mass is 9.81. The lowest BCUT2D eigenvalue weighted by Crippen LogP contribution is -2.29. The van der Waals surface area contributed by atoms with Gasteiger partial charge in [0.2, 0.25) is 5.91 Å². The average Bonchev–Trinajstić information content (AvgIpc) is 2.42. The number of hydrogen-bond donors (Lipinski definition) is 2. The first-order chi connectivity index (χ1) is 9.10. The molecule has 0 heterocycles. The lowest BCUT2D eigenvalue weighted by molar-refractivity contribution is -0.121. The van der Waals surface area contributed by atoms with Gasteiger partial charge >= 0.3 is 0 Å². The van der Waals surface area contributed by atoms with E-state index in [-0.39, 0.29) is 17.5 Å². The normalized spacial score (nSPS) is 23.1. The molecular formula is C14H18BrFN2O. The summed E-state index contributed by atoms with van der Waals surface area (Å²) in [5, 5.41) is 2.67. The van der Waals surface area contributed by atoms with Crippen molar-refractivity contribution in [2.75, 3.05) is 11.9 Å². The first-order valence-corrected chi connectivity index (χ1v) is 7.35. The Balaban J connectivity index is 1.94. The maximum Gasteiger partial charge on any atom is 0.227 e. The highest BCUT2D eigenvalue weighted by molar-refractivity contribution is 9.10. The van der Waals surface area contributed by atoms with Gasteiger partial charge in [-0.3, -0.25) is 4.79 Å². The highest BCUT2D eigenvalue weighted by Gasteiger charge is 2.26. The van der Waals surface area contributed by atoms with Crippen LogP contribution in [0.15, 0.2) is 22.7 Å². The van der Waals surface area contributed by atoms with Crippen molar-refractivity contribution in [3.8, 4) is 0 Å². The van der Waals surface area contributed by atoms with E-state index in [9.17, 15) is 9.18 Å². The van der Waals surface area contributed by atoms with Crippen LogP contribution in [0.5, 0.6) is 0 Å². The zero-order valence-electron chi connectivity index (χ0n) is 10.7. The Kier molecular flexibility index (Phi) is 4.93. The SMILES string of the molecule is NCC1CCC(C(=O)Nc2ccc(Br)cc2F)CC1. The van der Waals surface area contributed by atoms with Crippen LogP contribution in [0.3, 0.4) is 0 Å². The van der Waals surface area contributed by atoms with E-state index in [1.807, 2.05) is 0 Å². The van der Waals surface area contributed by atoms with Gasteiger partial charge < -0.3 is 11.1 Å². The molecule has 0 radical (unpaired) electrons. The summed E-state index contributed by atoms with van der Waals surface area (Å²) in [6.07, 6.45) is 3.65. The van der Waals surface area contributed by atoms with Crippen molar-refractivity contribution < 1.29 is 9.18 Å². The predicted molar refractivity (Wildman–Crippen MR) is 77.2 cm³/mol. The van der Waals surface area contributed by atoms with E-state index >= 15 is 0 Å². The van der Waals surface area contributed by atoms with Crippen LogP contribution in [0.4, 0.5) is 10.1 Å². The molecule has 2 rings (SSSR count). The van der Waals surface area contributed by atoms with Crippen molar-refractivity contribution in [2.24, 2.45) is 17.6 Å². The van der Waals surface area contributed by atoms with Crippen LogP contribution < -0.4 is 11.1 Å². The van der Waals surface area contributed by atoms with Gasteiger partial charge in [-0.15, -0.1) is 0 Å². The molecule has 0 atom stereocenters. The second-order valence-corrected chi connectivity index (χ2v) is 5.98. The summed E-state index contributed by atoms with van der Waals surface area (Å²) >= 11 is 3.19. The fourth-order valence-corrected chi connectivity index (χ4v) is 2.82. The first-order valence-electron chi connectivity index (χ1n) is 6.56. The van der Waals surface area contributed by atoms with Crippen LogP contribution in [0, 0.1) is 17.7 Å². The van der Waals surface area contributed by atoms with Crippen LogP contribution in [0.25, 0.3) is 0 Å². The molecule has 19 heavy (non-hydrogen) atoms. The molecule has 1 amide bonds. The highest BCUT2D eigenvalue weighted by Crippen LogP contribution is 2.29. The van der Waals surface area contributed by atoms with E-state index in [2.05, 4.69) is 21.2 Å². The smallest absolute Gasteiger partial charge is 0.227 e. The molecule has 0 saturated heterocycles. The molecule has 0 spiro atoms. The van der Waals surface area contributed by atoms with Crippen molar-refractivity contribution in [3.63, 3.8) is 0 Å². The third kappa shape index (κ3) is 3.76. The monoisotopic (exact) mass is 328 g/mol. The Morgan fingerprint density at radius 2 is 2.05 bits per heavy atom. The number of anilines is 1. The van der Waals surface area contributed by atoms with Gasteiger partial charge in [0.05, 0.1) is 5.69 Å². The number of nitrogens with two attached hydrogens (primary N) is 1. The number of benzene rings is 1. The molecule has 104 valence electrons. The Labute approximate surface area is 120 Å². The summed E-state index contributed by atoms with van der Waals surface area (Å²) in [4.78, 5) is 12.1. The number of carbonyl (C=O) groups excluding carboxylic acids is 1. The number of amides is 1. The van der Waals surface area contributed by atoms with E-state index < -0.39 is 5.82 Å². The fourth-order valence-electron chi connectivity index (χ4n) is 2.49.